The monoisotopic (exact) mass is 552 g/mol. The van der Waals surface area contributed by atoms with E-state index in [0.29, 0.717) is 27.9 Å². The van der Waals surface area contributed by atoms with E-state index in [1.807, 2.05) is 0 Å². The van der Waals surface area contributed by atoms with Crippen LogP contribution in [0.4, 0.5) is 18.9 Å². The van der Waals surface area contributed by atoms with Crippen LogP contribution in [0.2, 0.25) is 0 Å². The Morgan fingerprint density at radius 3 is 2.76 bits per heavy atom. The summed E-state index contributed by atoms with van der Waals surface area (Å²) in [7, 11) is 1.41. The van der Waals surface area contributed by atoms with E-state index in [1.54, 1.807) is 29.2 Å². The highest BCUT2D eigenvalue weighted by Gasteiger charge is 2.35. The summed E-state index contributed by atoms with van der Waals surface area (Å²) in [5.41, 5.74) is -0.667. The molecule has 4 rings (SSSR count). The molecule has 2 heterocycles. The fraction of sp³-hybridized carbons (Fsp3) is 0.320. The summed E-state index contributed by atoms with van der Waals surface area (Å²) in [6.07, 6.45) is -1.09. The minimum absolute atomic E-state index is 0.0162. The molecule has 2 aliphatic heterocycles. The fourth-order valence-corrected chi connectivity index (χ4v) is 5.14. The molecule has 2 aromatic carbocycles. The Morgan fingerprint density at radius 2 is 2.05 bits per heavy atom. The lowest BCUT2D eigenvalue weighted by atomic mass is 10.1. The number of methoxy groups -OCH3 is 1. The van der Waals surface area contributed by atoms with Crippen LogP contribution in [0.25, 0.3) is 6.08 Å². The summed E-state index contributed by atoms with van der Waals surface area (Å²) in [5, 5.41) is 2.22. The summed E-state index contributed by atoms with van der Waals surface area (Å²) < 4.78 is 56.4. The summed E-state index contributed by atoms with van der Waals surface area (Å²) >= 11 is 6.58. The van der Waals surface area contributed by atoms with Crippen molar-refractivity contribution >= 4 is 51.9 Å². The van der Waals surface area contributed by atoms with Crippen LogP contribution in [0.1, 0.15) is 24.0 Å². The summed E-state index contributed by atoms with van der Waals surface area (Å²) in [4.78, 5) is 27.1. The normalized spacial score (nSPS) is 19.0. The van der Waals surface area contributed by atoms with Gasteiger partial charge in [-0.05, 0) is 48.7 Å². The van der Waals surface area contributed by atoms with Gasteiger partial charge < -0.3 is 19.5 Å². The molecule has 0 unspecified atom stereocenters. The van der Waals surface area contributed by atoms with Gasteiger partial charge in [0.2, 0.25) is 0 Å². The van der Waals surface area contributed by atoms with Crippen LogP contribution in [0, 0.1) is 0 Å². The predicted molar refractivity (Wildman–Crippen MR) is 137 cm³/mol. The number of nitrogens with one attached hydrogen (secondary N) is 1. The number of rotatable bonds is 8. The molecular formula is C25H23F3N2O5S2. The smallest absolute Gasteiger partial charge is 0.418 e. The molecule has 2 amide bonds. The van der Waals surface area contributed by atoms with E-state index in [2.05, 4.69) is 5.32 Å². The number of nitrogens with zero attached hydrogens (tertiary/aromatic N) is 1. The van der Waals surface area contributed by atoms with Crippen LogP contribution < -0.4 is 14.8 Å². The Labute approximate surface area is 220 Å². The highest BCUT2D eigenvalue weighted by atomic mass is 32.2. The molecule has 0 spiro atoms. The SMILES string of the molecule is COc1cc(/C=C2\SC(=S)N(C[C@@H]3CCCO3)C2=O)ccc1OCC(=O)Nc1ccccc1C(F)(F)F. The van der Waals surface area contributed by atoms with Crippen molar-refractivity contribution in [1.82, 2.24) is 4.90 Å². The van der Waals surface area contributed by atoms with E-state index in [-0.39, 0.29) is 29.2 Å². The third-order valence-corrected chi connectivity index (χ3v) is 7.01. The number of para-hydroxylation sites is 1. The fourth-order valence-electron chi connectivity index (χ4n) is 3.86. The number of hydrogen-bond donors (Lipinski definition) is 1. The molecule has 37 heavy (non-hydrogen) atoms. The van der Waals surface area contributed by atoms with Crippen LogP contribution in [-0.4, -0.2) is 54.0 Å². The van der Waals surface area contributed by atoms with E-state index in [1.165, 1.54) is 37.1 Å². The first-order valence-corrected chi connectivity index (χ1v) is 12.5. The second-order valence-electron chi connectivity index (χ2n) is 8.22. The highest BCUT2D eigenvalue weighted by molar-refractivity contribution is 8.26. The Hall–Kier alpha value is -3.09. The minimum Gasteiger partial charge on any atom is -0.493 e. The highest BCUT2D eigenvalue weighted by Crippen LogP contribution is 2.36. The number of thiocarbonyl (C=S) groups is 1. The molecule has 12 heteroatoms. The molecule has 2 aromatic rings. The zero-order chi connectivity index (χ0) is 26.6. The van der Waals surface area contributed by atoms with Gasteiger partial charge in [-0.25, -0.2) is 0 Å². The Morgan fingerprint density at radius 1 is 1.27 bits per heavy atom. The summed E-state index contributed by atoms with van der Waals surface area (Å²) in [6, 6.07) is 9.52. The molecule has 1 N–H and O–H groups in total. The largest absolute Gasteiger partial charge is 0.493 e. The molecule has 1 atom stereocenters. The number of carbonyl (C=O) groups excluding carboxylic acids is 2. The van der Waals surface area contributed by atoms with Crippen molar-refractivity contribution in [3.8, 4) is 11.5 Å². The van der Waals surface area contributed by atoms with Gasteiger partial charge in [-0.2, -0.15) is 13.2 Å². The van der Waals surface area contributed by atoms with Crippen molar-refractivity contribution < 1.29 is 37.0 Å². The second kappa shape index (κ2) is 11.5. The van der Waals surface area contributed by atoms with E-state index < -0.39 is 24.3 Å². The molecule has 0 aromatic heterocycles. The van der Waals surface area contributed by atoms with Crippen molar-refractivity contribution in [3.63, 3.8) is 0 Å². The first-order chi connectivity index (χ1) is 17.7. The molecule has 0 bridgehead atoms. The lowest BCUT2D eigenvalue weighted by Gasteiger charge is -2.18. The maximum atomic E-state index is 13.1. The van der Waals surface area contributed by atoms with E-state index in [9.17, 15) is 22.8 Å². The summed E-state index contributed by atoms with van der Waals surface area (Å²) in [5.74, 6) is -0.463. The Kier molecular flexibility index (Phi) is 8.40. The van der Waals surface area contributed by atoms with Crippen molar-refractivity contribution in [3.05, 3.63) is 58.5 Å². The number of alkyl halides is 3. The van der Waals surface area contributed by atoms with Gasteiger partial charge in [0, 0.05) is 6.61 Å². The van der Waals surface area contributed by atoms with Gasteiger partial charge in [0.1, 0.15) is 4.32 Å². The number of hydrogen-bond acceptors (Lipinski definition) is 7. The van der Waals surface area contributed by atoms with Crippen LogP contribution >= 0.6 is 24.0 Å². The average molecular weight is 553 g/mol. The van der Waals surface area contributed by atoms with Crippen molar-refractivity contribution in [2.45, 2.75) is 25.1 Å². The maximum absolute atomic E-state index is 13.1. The molecule has 2 fully saturated rings. The van der Waals surface area contributed by atoms with Crippen molar-refractivity contribution in [2.75, 3.05) is 32.2 Å². The Balaban J connectivity index is 1.40. The van der Waals surface area contributed by atoms with Gasteiger partial charge in [0.25, 0.3) is 11.8 Å². The van der Waals surface area contributed by atoms with E-state index in [0.717, 1.165) is 18.9 Å². The van der Waals surface area contributed by atoms with Crippen molar-refractivity contribution in [1.29, 1.82) is 0 Å². The number of ether oxygens (including phenoxy) is 3. The molecule has 2 saturated heterocycles. The van der Waals surface area contributed by atoms with Gasteiger partial charge in [-0.15, -0.1) is 0 Å². The Bertz CT molecular complexity index is 1230. The minimum atomic E-state index is -4.61. The third-order valence-electron chi connectivity index (χ3n) is 5.63. The zero-order valence-corrected chi connectivity index (χ0v) is 21.3. The molecule has 196 valence electrons. The first-order valence-electron chi connectivity index (χ1n) is 11.3. The van der Waals surface area contributed by atoms with Crippen LogP contribution in [0.15, 0.2) is 47.4 Å². The van der Waals surface area contributed by atoms with Gasteiger partial charge in [0.15, 0.2) is 18.1 Å². The molecular weight excluding hydrogens is 529 g/mol. The molecule has 2 aliphatic rings. The van der Waals surface area contributed by atoms with Gasteiger partial charge in [-0.1, -0.05) is 42.2 Å². The average Bonchev–Trinajstić information content (AvgIpc) is 3.47. The lowest BCUT2D eigenvalue weighted by molar-refractivity contribution is -0.137. The number of carbonyl (C=O) groups is 2. The molecule has 0 saturated carbocycles. The van der Waals surface area contributed by atoms with E-state index in [4.69, 9.17) is 26.4 Å². The molecule has 7 nitrogen and oxygen atoms in total. The number of halogens is 3. The quantitative estimate of drug-likeness (QED) is 0.360. The van der Waals surface area contributed by atoms with Crippen molar-refractivity contribution in [2.24, 2.45) is 0 Å². The van der Waals surface area contributed by atoms with Crippen LogP contribution in [-0.2, 0) is 20.5 Å². The van der Waals surface area contributed by atoms with Crippen LogP contribution in [0.5, 0.6) is 11.5 Å². The van der Waals surface area contributed by atoms with Gasteiger partial charge in [0.05, 0.1) is 35.9 Å². The predicted octanol–water partition coefficient (Wildman–Crippen LogP) is 5.11. The molecule has 0 aliphatic carbocycles. The van der Waals surface area contributed by atoms with Gasteiger partial charge >= 0.3 is 6.18 Å². The number of benzene rings is 2. The van der Waals surface area contributed by atoms with Gasteiger partial charge in [-0.3, -0.25) is 14.5 Å². The number of anilines is 1. The summed E-state index contributed by atoms with van der Waals surface area (Å²) in [6.45, 7) is 0.573. The standard InChI is InChI=1S/C25H23F3N2O5S2/c1-33-20-11-15(12-21-23(32)30(24(36)37-21)13-16-5-4-10-34-16)8-9-19(20)35-14-22(31)29-18-7-3-2-6-17(18)25(26,27)28/h2-3,6-9,11-12,16H,4-5,10,13-14H2,1H3,(H,29,31)/b21-12-/t16-/m0/s1. The first kappa shape index (κ1) is 27.0. The number of thioether (sulfide) groups is 1. The third kappa shape index (κ3) is 6.62. The number of amides is 2. The molecule has 0 radical (unpaired) electrons. The maximum Gasteiger partial charge on any atom is 0.418 e. The second-order valence-corrected chi connectivity index (χ2v) is 9.89. The lowest BCUT2D eigenvalue weighted by Crippen LogP contribution is -2.35. The zero-order valence-electron chi connectivity index (χ0n) is 19.7. The van der Waals surface area contributed by atoms with Crippen LogP contribution in [0.3, 0.4) is 0 Å². The topological polar surface area (TPSA) is 77.1 Å². The van der Waals surface area contributed by atoms with E-state index >= 15 is 0 Å².